The maximum absolute atomic E-state index is 11.8. The van der Waals surface area contributed by atoms with Crippen LogP contribution in [-0.4, -0.2) is 22.6 Å². The molecule has 0 bridgehead atoms. The second kappa shape index (κ2) is 4.25. The highest BCUT2D eigenvalue weighted by Gasteiger charge is 2.37. The van der Waals surface area contributed by atoms with Crippen LogP contribution in [-0.2, 0) is 4.79 Å². The molecule has 2 rings (SSSR count). The molecule has 1 aliphatic carbocycles. The number of aromatic amines is 1. The van der Waals surface area contributed by atoms with Crippen LogP contribution in [0.4, 0.5) is 5.82 Å². The molecule has 0 unspecified atom stereocenters. The van der Waals surface area contributed by atoms with Crippen LogP contribution in [0.2, 0.25) is 0 Å². The van der Waals surface area contributed by atoms with Crippen LogP contribution in [0.15, 0.2) is 6.07 Å². The second-order valence-corrected chi connectivity index (χ2v) is 4.72. The number of nitrogens with one attached hydrogen (secondary N) is 2. The summed E-state index contributed by atoms with van der Waals surface area (Å²) in [6.07, 6.45) is 3.83. The molecule has 0 saturated heterocycles. The molecule has 0 aliphatic heterocycles. The molecular formula is C11H18N4O. The van der Waals surface area contributed by atoms with E-state index in [1.165, 1.54) is 6.42 Å². The number of aryl methyl sites for hydroxylation is 1. The van der Waals surface area contributed by atoms with Crippen molar-refractivity contribution in [3.63, 3.8) is 0 Å². The summed E-state index contributed by atoms with van der Waals surface area (Å²) in [7, 11) is 0. The molecule has 1 fully saturated rings. The Morgan fingerprint density at radius 3 is 2.88 bits per heavy atom. The minimum absolute atomic E-state index is 0.0108. The van der Waals surface area contributed by atoms with Gasteiger partial charge in [0.25, 0.3) is 0 Å². The number of carbonyl (C=O) groups is 1. The lowest BCUT2D eigenvalue weighted by atomic mass is 9.66. The molecule has 16 heavy (non-hydrogen) atoms. The number of nitrogens with zero attached hydrogens (tertiary/aromatic N) is 1. The van der Waals surface area contributed by atoms with E-state index in [0.29, 0.717) is 18.8 Å². The van der Waals surface area contributed by atoms with E-state index in [4.69, 9.17) is 5.73 Å². The van der Waals surface area contributed by atoms with Gasteiger partial charge in [-0.3, -0.25) is 9.89 Å². The number of hydrogen-bond acceptors (Lipinski definition) is 3. The molecule has 0 atom stereocenters. The van der Waals surface area contributed by atoms with Crippen LogP contribution in [0.1, 0.15) is 31.4 Å². The third kappa shape index (κ3) is 2.24. The Morgan fingerprint density at radius 2 is 2.44 bits per heavy atom. The summed E-state index contributed by atoms with van der Waals surface area (Å²) in [6, 6.07) is 1.81. The molecule has 1 aromatic heterocycles. The fourth-order valence-corrected chi connectivity index (χ4v) is 2.14. The molecule has 1 amide bonds. The fourth-order valence-electron chi connectivity index (χ4n) is 2.14. The predicted molar refractivity (Wildman–Crippen MR) is 61.9 cm³/mol. The molecule has 5 nitrogen and oxygen atoms in total. The van der Waals surface area contributed by atoms with E-state index in [-0.39, 0.29) is 11.3 Å². The lowest BCUT2D eigenvalue weighted by Gasteiger charge is -2.40. The molecule has 88 valence electrons. The maximum Gasteiger partial charge on any atom is 0.226 e. The van der Waals surface area contributed by atoms with Crippen molar-refractivity contribution in [2.24, 2.45) is 11.1 Å². The minimum atomic E-state index is 0.0108. The highest BCUT2D eigenvalue weighted by molar-refractivity contribution is 5.90. The van der Waals surface area contributed by atoms with E-state index in [0.717, 1.165) is 18.5 Å². The molecular weight excluding hydrogens is 204 g/mol. The Bertz CT molecular complexity index is 376. The SMILES string of the molecule is Cc1cc(NC(=O)CC2(CN)CCC2)n[nH]1. The van der Waals surface area contributed by atoms with Gasteiger partial charge in [0, 0.05) is 18.2 Å². The Balaban J connectivity index is 1.89. The second-order valence-electron chi connectivity index (χ2n) is 4.72. The van der Waals surface area contributed by atoms with Crippen LogP contribution in [0.3, 0.4) is 0 Å². The summed E-state index contributed by atoms with van der Waals surface area (Å²) in [5.41, 5.74) is 6.70. The first kappa shape index (κ1) is 11.1. The Kier molecular flexibility index (Phi) is 2.96. The number of hydrogen-bond donors (Lipinski definition) is 3. The van der Waals surface area contributed by atoms with Gasteiger partial charge >= 0.3 is 0 Å². The van der Waals surface area contributed by atoms with E-state index >= 15 is 0 Å². The van der Waals surface area contributed by atoms with Gasteiger partial charge in [-0.15, -0.1) is 0 Å². The van der Waals surface area contributed by atoms with Gasteiger partial charge in [0.15, 0.2) is 5.82 Å². The molecule has 1 saturated carbocycles. The topological polar surface area (TPSA) is 83.8 Å². The Morgan fingerprint density at radius 1 is 1.69 bits per heavy atom. The quantitative estimate of drug-likeness (QED) is 0.715. The van der Waals surface area contributed by atoms with Crippen molar-refractivity contribution in [3.8, 4) is 0 Å². The molecule has 5 heteroatoms. The number of aromatic nitrogens is 2. The van der Waals surface area contributed by atoms with Gasteiger partial charge in [-0.05, 0) is 31.7 Å². The van der Waals surface area contributed by atoms with Crippen molar-refractivity contribution in [3.05, 3.63) is 11.8 Å². The standard InChI is InChI=1S/C11H18N4O/c1-8-5-9(15-14-8)13-10(16)6-11(7-12)3-2-4-11/h5H,2-4,6-7,12H2,1H3,(H2,13,14,15,16). The van der Waals surface area contributed by atoms with E-state index in [1.807, 2.05) is 13.0 Å². The van der Waals surface area contributed by atoms with Crippen LogP contribution in [0.5, 0.6) is 0 Å². The number of nitrogens with two attached hydrogens (primary N) is 1. The summed E-state index contributed by atoms with van der Waals surface area (Å²) in [6.45, 7) is 2.50. The van der Waals surface area contributed by atoms with Crippen LogP contribution in [0, 0.1) is 12.3 Å². The van der Waals surface area contributed by atoms with Crippen molar-refractivity contribution in [1.82, 2.24) is 10.2 Å². The maximum atomic E-state index is 11.8. The van der Waals surface area contributed by atoms with Gasteiger partial charge in [0.05, 0.1) is 0 Å². The molecule has 0 spiro atoms. The third-order valence-corrected chi connectivity index (χ3v) is 3.36. The zero-order valence-electron chi connectivity index (χ0n) is 9.55. The van der Waals surface area contributed by atoms with Gasteiger partial charge in [0.1, 0.15) is 0 Å². The van der Waals surface area contributed by atoms with Gasteiger partial charge in [-0.1, -0.05) is 6.42 Å². The van der Waals surface area contributed by atoms with Crippen LogP contribution >= 0.6 is 0 Å². The predicted octanol–water partition coefficient (Wildman–Crippen LogP) is 1.18. The molecule has 0 aromatic carbocycles. The Hall–Kier alpha value is -1.36. The lowest BCUT2D eigenvalue weighted by Crippen LogP contribution is -2.40. The smallest absolute Gasteiger partial charge is 0.226 e. The summed E-state index contributed by atoms with van der Waals surface area (Å²) >= 11 is 0. The fraction of sp³-hybridized carbons (Fsp3) is 0.636. The average Bonchev–Trinajstić information content (AvgIpc) is 2.57. The number of anilines is 1. The van der Waals surface area contributed by atoms with Crippen LogP contribution in [0.25, 0.3) is 0 Å². The van der Waals surface area contributed by atoms with Gasteiger partial charge in [-0.2, -0.15) is 5.10 Å². The number of rotatable bonds is 4. The number of amides is 1. The van der Waals surface area contributed by atoms with Crippen molar-refractivity contribution < 1.29 is 4.79 Å². The van der Waals surface area contributed by atoms with Gasteiger partial charge in [-0.25, -0.2) is 0 Å². The first-order chi connectivity index (χ1) is 7.63. The highest BCUT2D eigenvalue weighted by atomic mass is 16.1. The first-order valence-corrected chi connectivity index (χ1v) is 5.65. The molecule has 0 radical (unpaired) electrons. The summed E-state index contributed by atoms with van der Waals surface area (Å²) in [4.78, 5) is 11.8. The van der Waals surface area contributed by atoms with E-state index in [2.05, 4.69) is 15.5 Å². The summed E-state index contributed by atoms with van der Waals surface area (Å²) < 4.78 is 0. The van der Waals surface area contributed by atoms with Crippen molar-refractivity contribution in [2.45, 2.75) is 32.6 Å². The lowest BCUT2D eigenvalue weighted by molar-refractivity contribution is -0.119. The number of carbonyl (C=O) groups excluding carboxylic acids is 1. The average molecular weight is 222 g/mol. The van der Waals surface area contributed by atoms with E-state index < -0.39 is 0 Å². The molecule has 4 N–H and O–H groups in total. The van der Waals surface area contributed by atoms with Gasteiger partial charge in [0.2, 0.25) is 5.91 Å². The van der Waals surface area contributed by atoms with Crippen molar-refractivity contribution in [2.75, 3.05) is 11.9 Å². The molecule has 1 aliphatic rings. The van der Waals surface area contributed by atoms with Crippen LogP contribution < -0.4 is 11.1 Å². The summed E-state index contributed by atoms with van der Waals surface area (Å²) in [5.74, 6) is 0.602. The molecule has 1 aromatic rings. The van der Waals surface area contributed by atoms with Crippen molar-refractivity contribution >= 4 is 11.7 Å². The van der Waals surface area contributed by atoms with Gasteiger partial charge < -0.3 is 11.1 Å². The molecule has 1 heterocycles. The third-order valence-electron chi connectivity index (χ3n) is 3.36. The van der Waals surface area contributed by atoms with E-state index in [9.17, 15) is 4.79 Å². The summed E-state index contributed by atoms with van der Waals surface area (Å²) in [5, 5.41) is 9.54. The first-order valence-electron chi connectivity index (χ1n) is 5.65. The Labute approximate surface area is 94.8 Å². The number of H-pyrrole nitrogens is 1. The zero-order valence-corrected chi connectivity index (χ0v) is 9.55. The highest BCUT2D eigenvalue weighted by Crippen LogP contribution is 2.42. The van der Waals surface area contributed by atoms with E-state index in [1.54, 1.807) is 0 Å². The van der Waals surface area contributed by atoms with Crippen molar-refractivity contribution in [1.29, 1.82) is 0 Å². The minimum Gasteiger partial charge on any atom is -0.330 e. The zero-order chi connectivity index (χ0) is 11.6. The normalized spacial score (nSPS) is 17.9. The largest absolute Gasteiger partial charge is 0.330 e. The monoisotopic (exact) mass is 222 g/mol.